The van der Waals surface area contributed by atoms with Crippen LogP contribution in [-0.2, 0) is 0 Å². The zero-order valence-electron chi connectivity index (χ0n) is 18.0. The minimum Gasteiger partial charge on any atom is -0.496 e. The van der Waals surface area contributed by atoms with Crippen LogP contribution in [0.5, 0.6) is 11.5 Å². The van der Waals surface area contributed by atoms with E-state index in [9.17, 15) is 5.11 Å². The molecule has 0 spiro atoms. The molecule has 0 fully saturated rings. The zero-order chi connectivity index (χ0) is 20.2. The molecule has 1 atom stereocenters. The number of aliphatic hydroxyl groups excluding tert-OH is 1. The van der Waals surface area contributed by atoms with E-state index in [1.54, 1.807) is 14.2 Å². The lowest BCUT2D eigenvalue weighted by Gasteiger charge is -2.15. The number of unbranched alkanes of at least 4 members (excludes halogenated alkanes) is 9. The van der Waals surface area contributed by atoms with Gasteiger partial charge in [-0.2, -0.15) is 0 Å². The molecular weight excluding hydrogens is 348 g/mol. The van der Waals surface area contributed by atoms with Crippen molar-refractivity contribution in [1.29, 1.82) is 0 Å². The van der Waals surface area contributed by atoms with Gasteiger partial charge in [-0.25, -0.2) is 0 Å². The molecule has 2 aromatic rings. The Hall–Kier alpha value is -1.74. The first-order valence-electron chi connectivity index (χ1n) is 11.0. The van der Waals surface area contributed by atoms with Crippen molar-refractivity contribution in [3.63, 3.8) is 0 Å². The number of fused-ring (bicyclic) bond motifs is 1. The summed E-state index contributed by atoms with van der Waals surface area (Å²) in [7, 11) is 3.35. The van der Waals surface area contributed by atoms with Crippen molar-refractivity contribution >= 4 is 10.8 Å². The molecule has 3 nitrogen and oxygen atoms in total. The van der Waals surface area contributed by atoms with Crippen LogP contribution in [0.4, 0.5) is 0 Å². The van der Waals surface area contributed by atoms with Gasteiger partial charge in [-0.3, -0.25) is 0 Å². The Morgan fingerprint density at radius 1 is 0.714 bits per heavy atom. The van der Waals surface area contributed by atoms with Crippen LogP contribution in [0.1, 0.15) is 89.2 Å². The summed E-state index contributed by atoms with van der Waals surface area (Å²) in [4.78, 5) is 0. The fourth-order valence-corrected chi connectivity index (χ4v) is 3.87. The van der Waals surface area contributed by atoms with E-state index in [4.69, 9.17) is 9.47 Å². The summed E-state index contributed by atoms with van der Waals surface area (Å²) in [6.45, 7) is 2.26. The SMILES string of the molecule is CCCCCCCCCCCCC(O)c1ccc2c(OC)ccc(OC)c2c1. The van der Waals surface area contributed by atoms with Gasteiger partial charge in [0.05, 0.1) is 20.3 Å². The number of methoxy groups -OCH3 is 2. The third-order valence-electron chi connectivity index (χ3n) is 5.62. The fraction of sp³-hybridized carbons (Fsp3) is 0.600. The highest BCUT2D eigenvalue weighted by molar-refractivity contribution is 5.93. The molecule has 0 amide bonds. The average Bonchev–Trinajstić information content (AvgIpc) is 2.73. The van der Waals surface area contributed by atoms with Crippen LogP contribution in [-0.4, -0.2) is 19.3 Å². The Morgan fingerprint density at radius 3 is 1.82 bits per heavy atom. The molecule has 3 heteroatoms. The van der Waals surface area contributed by atoms with Crippen LogP contribution in [0.15, 0.2) is 30.3 Å². The minimum atomic E-state index is -0.422. The number of aliphatic hydroxyl groups is 1. The van der Waals surface area contributed by atoms with E-state index < -0.39 is 6.10 Å². The predicted molar refractivity (Wildman–Crippen MR) is 118 cm³/mol. The Labute approximate surface area is 171 Å². The van der Waals surface area contributed by atoms with E-state index in [0.29, 0.717) is 0 Å². The van der Waals surface area contributed by atoms with E-state index in [-0.39, 0.29) is 0 Å². The van der Waals surface area contributed by atoms with Crippen molar-refractivity contribution in [2.75, 3.05) is 14.2 Å². The van der Waals surface area contributed by atoms with Crippen molar-refractivity contribution in [3.05, 3.63) is 35.9 Å². The van der Waals surface area contributed by atoms with Crippen molar-refractivity contribution in [2.45, 2.75) is 83.7 Å². The topological polar surface area (TPSA) is 38.7 Å². The lowest BCUT2D eigenvalue weighted by Crippen LogP contribution is -1.98. The second-order valence-corrected chi connectivity index (χ2v) is 7.76. The highest BCUT2D eigenvalue weighted by atomic mass is 16.5. The lowest BCUT2D eigenvalue weighted by molar-refractivity contribution is 0.163. The fourth-order valence-electron chi connectivity index (χ4n) is 3.87. The first-order chi connectivity index (χ1) is 13.7. The quantitative estimate of drug-likeness (QED) is 0.349. The highest BCUT2D eigenvalue weighted by Crippen LogP contribution is 2.35. The van der Waals surface area contributed by atoms with Gasteiger partial charge in [0.2, 0.25) is 0 Å². The largest absolute Gasteiger partial charge is 0.496 e. The molecule has 0 radical (unpaired) electrons. The Bertz CT molecular complexity index is 695. The zero-order valence-corrected chi connectivity index (χ0v) is 18.0. The van der Waals surface area contributed by atoms with Crippen LogP contribution in [0.3, 0.4) is 0 Å². The van der Waals surface area contributed by atoms with Gasteiger partial charge in [-0.15, -0.1) is 0 Å². The van der Waals surface area contributed by atoms with Gasteiger partial charge in [-0.1, -0.05) is 83.3 Å². The van der Waals surface area contributed by atoms with Gasteiger partial charge in [0.15, 0.2) is 0 Å². The number of hydrogen-bond donors (Lipinski definition) is 1. The molecule has 1 unspecified atom stereocenters. The van der Waals surface area contributed by atoms with Gasteiger partial charge in [-0.05, 0) is 30.2 Å². The Morgan fingerprint density at radius 2 is 1.25 bits per heavy atom. The maximum absolute atomic E-state index is 10.6. The Kier molecular flexibility index (Phi) is 10.2. The molecule has 2 aromatic carbocycles. The summed E-state index contributed by atoms with van der Waals surface area (Å²) in [5, 5.41) is 12.6. The number of hydrogen-bond acceptors (Lipinski definition) is 3. The minimum absolute atomic E-state index is 0.422. The smallest absolute Gasteiger partial charge is 0.126 e. The van der Waals surface area contributed by atoms with Gasteiger partial charge in [0.1, 0.15) is 11.5 Å². The van der Waals surface area contributed by atoms with E-state index in [1.807, 2.05) is 30.3 Å². The van der Waals surface area contributed by atoms with Gasteiger partial charge < -0.3 is 14.6 Å². The number of rotatable bonds is 14. The molecule has 0 saturated carbocycles. The average molecular weight is 387 g/mol. The summed E-state index contributed by atoms with van der Waals surface area (Å²) in [5.74, 6) is 1.63. The highest BCUT2D eigenvalue weighted by Gasteiger charge is 2.12. The molecule has 1 N–H and O–H groups in total. The molecule has 28 heavy (non-hydrogen) atoms. The second-order valence-electron chi connectivity index (χ2n) is 7.76. The van der Waals surface area contributed by atoms with Gasteiger partial charge >= 0.3 is 0 Å². The van der Waals surface area contributed by atoms with Crippen molar-refractivity contribution in [1.82, 2.24) is 0 Å². The van der Waals surface area contributed by atoms with E-state index in [0.717, 1.165) is 40.7 Å². The lowest BCUT2D eigenvalue weighted by atomic mass is 9.98. The third-order valence-corrected chi connectivity index (χ3v) is 5.62. The normalized spacial score (nSPS) is 12.3. The third kappa shape index (κ3) is 6.70. The second kappa shape index (κ2) is 12.7. The molecule has 156 valence electrons. The first-order valence-corrected chi connectivity index (χ1v) is 11.0. The van der Waals surface area contributed by atoms with Crippen molar-refractivity contribution < 1.29 is 14.6 Å². The van der Waals surface area contributed by atoms with Crippen LogP contribution in [0.25, 0.3) is 10.8 Å². The Balaban J connectivity index is 1.78. The van der Waals surface area contributed by atoms with Crippen LogP contribution >= 0.6 is 0 Å². The van der Waals surface area contributed by atoms with E-state index in [2.05, 4.69) is 6.92 Å². The van der Waals surface area contributed by atoms with E-state index >= 15 is 0 Å². The first kappa shape index (κ1) is 22.5. The monoisotopic (exact) mass is 386 g/mol. The molecule has 0 aliphatic carbocycles. The van der Waals surface area contributed by atoms with Crippen molar-refractivity contribution in [3.8, 4) is 11.5 Å². The van der Waals surface area contributed by atoms with Crippen LogP contribution < -0.4 is 9.47 Å². The summed E-state index contributed by atoms with van der Waals surface area (Å²) in [6, 6.07) is 9.90. The maximum atomic E-state index is 10.6. The standard InChI is InChI=1S/C25H38O3/c1-4-5-6-7-8-9-10-11-12-13-14-23(26)20-15-16-21-22(19-20)25(28-3)18-17-24(21)27-2/h15-19,23,26H,4-14H2,1-3H3. The van der Waals surface area contributed by atoms with Crippen molar-refractivity contribution in [2.24, 2.45) is 0 Å². The molecule has 0 aromatic heterocycles. The molecule has 0 heterocycles. The maximum Gasteiger partial charge on any atom is 0.126 e. The van der Waals surface area contributed by atoms with Gasteiger partial charge in [0, 0.05) is 10.8 Å². The molecule has 0 aliphatic heterocycles. The predicted octanol–water partition coefficient (Wildman–Crippen LogP) is 7.20. The molecule has 0 bridgehead atoms. The number of benzene rings is 2. The molecule has 0 saturated heterocycles. The summed E-state index contributed by atoms with van der Waals surface area (Å²) in [6.07, 6.45) is 13.5. The summed E-state index contributed by atoms with van der Waals surface area (Å²) >= 11 is 0. The molecule has 0 aliphatic rings. The van der Waals surface area contributed by atoms with E-state index in [1.165, 1.54) is 57.8 Å². The molecular formula is C25H38O3. The molecule has 2 rings (SSSR count). The summed E-state index contributed by atoms with van der Waals surface area (Å²) in [5.41, 5.74) is 0.954. The van der Waals surface area contributed by atoms with Gasteiger partial charge in [0.25, 0.3) is 0 Å². The van der Waals surface area contributed by atoms with Crippen LogP contribution in [0, 0.1) is 0 Å². The number of ether oxygens (including phenoxy) is 2. The van der Waals surface area contributed by atoms with Crippen LogP contribution in [0.2, 0.25) is 0 Å². The summed E-state index contributed by atoms with van der Waals surface area (Å²) < 4.78 is 10.9.